The van der Waals surface area contributed by atoms with E-state index in [0.29, 0.717) is 10.3 Å². The Morgan fingerprint density at radius 1 is 1.12 bits per heavy atom. The maximum absolute atomic E-state index is 12.5. The summed E-state index contributed by atoms with van der Waals surface area (Å²) in [5, 5.41) is 15.5. The average molecular weight is 491 g/mol. The van der Waals surface area contributed by atoms with E-state index in [9.17, 15) is 4.79 Å². The molecule has 0 aliphatic carbocycles. The third kappa shape index (κ3) is 4.46. The number of anilines is 1. The second-order valence-electron chi connectivity index (χ2n) is 7.54. The molecule has 5 aromatic rings. The van der Waals surface area contributed by atoms with Gasteiger partial charge in [-0.15, -0.1) is 21.5 Å². The average Bonchev–Trinajstić information content (AvgIpc) is 3.46. The first kappa shape index (κ1) is 22.3. The van der Waals surface area contributed by atoms with Crippen LogP contribution in [0.15, 0.2) is 59.1 Å². The Balaban J connectivity index is 1.27. The lowest BCUT2D eigenvalue weighted by Gasteiger charge is -2.05. The fourth-order valence-electron chi connectivity index (χ4n) is 3.71. The number of nitrogens with one attached hydrogen (secondary N) is 1. The van der Waals surface area contributed by atoms with Crippen LogP contribution in [0.1, 0.15) is 13.3 Å². The monoisotopic (exact) mass is 490 g/mol. The third-order valence-corrected chi connectivity index (χ3v) is 6.87. The van der Waals surface area contributed by atoms with Gasteiger partial charge >= 0.3 is 0 Å². The number of methoxy groups -OCH3 is 1. The summed E-state index contributed by atoms with van der Waals surface area (Å²) in [6, 6.07) is 15.8. The molecule has 0 fully saturated rings. The van der Waals surface area contributed by atoms with Gasteiger partial charge < -0.3 is 14.6 Å². The van der Waals surface area contributed by atoms with Crippen molar-refractivity contribution in [1.82, 2.24) is 24.7 Å². The fraction of sp³-hybridized carbons (Fsp3) is 0.208. The van der Waals surface area contributed by atoms with E-state index in [0.717, 1.165) is 52.0 Å². The van der Waals surface area contributed by atoms with E-state index in [-0.39, 0.29) is 11.7 Å². The van der Waals surface area contributed by atoms with Gasteiger partial charge in [-0.1, -0.05) is 36.9 Å². The van der Waals surface area contributed by atoms with Crippen LogP contribution >= 0.6 is 23.1 Å². The Morgan fingerprint density at radius 3 is 2.74 bits per heavy atom. The number of aryl methyl sites for hydroxylation is 1. The summed E-state index contributed by atoms with van der Waals surface area (Å²) in [6.45, 7) is 2.97. The first-order valence-corrected chi connectivity index (χ1v) is 12.7. The minimum absolute atomic E-state index is 0.165. The van der Waals surface area contributed by atoms with E-state index in [1.807, 2.05) is 47.8 Å². The molecular formula is C24H22N6O2S2. The Kier molecular flexibility index (Phi) is 6.41. The normalized spacial score (nSPS) is 11.2. The van der Waals surface area contributed by atoms with Gasteiger partial charge in [0, 0.05) is 22.9 Å². The number of ether oxygens (including phenoxy) is 1. The molecule has 1 N–H and O–H groups in total. The first-order valence-electron chi connectivity index (χ1n) is 10.8. The van der Waals surface area contributed by atoms with Gasteiger partial charge in [-0.25, -0.2) is 9.97 Å². The summed E-state index contributed by atoms with van der Waals surface area (Å²) in [5.74, 6) is 0.784. The van der Waals surface area contributed by atoms with E-state index in [1.165, 1.54) is 23.1 Å². The van der Waals surface area contributed by atoms with Crippen molar-refractivity contribution in [3.8, 4) is 17.0 Å². The number of carbonyl (C=O) groups is 1. The van der Waals surface area contributed by atoms with Crippen molar-refractivity contribution in [2.75, 3.05) is 18.2 Å². The van der Waals surface area contributed by atoms with Crippen molar-refractivity contribution in [1.29, 1.82) is 0 Å². The zero-order chi connectivity index (χ0) is 23.5. The molecule has 5 rings (SSSR count). The van der Waals surface area contributed by atoms with E-state index in [4.69, 9.17) is 9.72 Å². The standard InChI is InChI=1S/C24H22N6O2S2/c1-3-12-30-19-7-5-4-6-17(19)21-22(30)27-24(29-28-21)34-14-20(31)26-23-25-18(13-33-23)15-8-10-16(32-2)11-9-15/h4-11,13H,3,12,14H2,1-2H3,(H,25,26,31). The predicted octanol–water partition coefficient (Wildman–Crippen LogP) is 5.25. The molecule has 2 aromatic carbocycles. The van der Waals surface area contributed by atoms with Crippen LogP contribution in [-0.2, 0) is 11.3 Å². The number of aromatic nitrogens is 5. The van der Waals surface area contributed by atoms with Crippen molar-refractivity contribution < 1.29 is 9.53 Å². The summed E-state index contributed by atoms with van der Waals surface area (Å²) in [5.41, 5.74) is 4.44. The number of fused-ring (bicyclic) bond motifs is 3. The second-order valence-corrected chi connectivity index (χ2v) is 9.34. The highest BCUT2D eigenvalue weighted by atomic mass is 32.2. The SMILES string of the molecule is CCCn1c2ccccc2c2nnc(SCC(=O)Nc3nc(-c4ccc(OC)cc4)cs3)nc21. The third-order valence-electron chi connectivity index (χ3n) is 5.27. The Hall–Kier alpha value is -3.50. The molecule has 0 aliphatic rings. The lowest BCUT2D eigenvalue weighted by atomic mass is 10.2. The lowest BCUT2D eigenvalue weighted by Crippen LogP contribution is -2.14. The van der Waals surface area contributed by atoms with Gasteiger partial charge in [0.15, 0.2) is 10.8 Å². The molecule has 0 saturated carbocycles. The first-order chi connectivity index (χ1) is 16.7. The van der Waals surface area contributed by atoms with Crippen molar-refractivity contribution in [3.63, 3.8) is 0 Å². The topological polar surface area (TPSA) is 94.8 Å². The summed E-state index contributed by atoms with van der Waals surface area (Å²) in [4.78, 5) is 21.8. The quantitative estimate of drug-likeness (QED) is 0.297. The van der Waals surface area contributed by atoms with Crippen LogP contribution in [0.3, 0.4) is 0 Å². The summed E-state index contributed by atoms with van der Waals surface area (Å²) < 4.78 is 7.36. The molecule has 10 heteroatoms. The minimum Gasteiger partial charge on any atom is -0.497 e. The zero-order valence-corrected chi connectivity index (χ0v) is 20.3. The minimum atomic E-state index is -0.168. The largest absolute Gasteiger partial charge is 0.497 e. The molecule has 8 nitrogen and oxygen atoms in total. The lowest BCUT2D eigenvalue weighted by molar-refractivity contribution is -0.113. The van der Waals surface area contributed by atoms with E-state index >= 15 is 0 Å². The smallest absolute Gasteiger partial charge is 0.236 e. The van der Waals surface area contributed by atoms with Crippen LogP contribution in [0.2, 0.25) is 0 Å². The van der Waals surface area contributed by atoms with Crippen molar-refractivity contribution in [2.45, 2.75) is 25.0 Å². The van der Waals surface area contributed by atoms with Crippen LogP contribution in [0.5, 0.6) is 5.75 Å². The number of thiazole rings is 1. The van der Waals surface area contributed by atoms with Crippen LogP contribution in [0.4, 0.5) is 5.13 Å². The van der Waals surface area contributed by atoms with E-state index in [1.54, 1.807) is 7.11 Å². The number of amides is 1. The van der Waals surface area contributed by atoms with Gasteiger partial charge in [-0.2, -0.15) is 0 Å². The summed E-state index contributed by atoms with van der Waals surface area (Å²) in [6.07, 6.45) is 0.981. The molecule has 34 heavy (non-hydrogen) atoms. The molecule has 0 bridgehead atoms. The fourth-order valence-corrected chi connectivity index (χ4v) is 5.03. The molecular weight excluding hydrogens is 468 g/mol. The molecule has 0 atom stereocenters. The van der Waals surface area contributed by atoms with E-state index < -0.39 is 0 Å². The number of rotatable bonds is 8. The Bertz CT molecular complexity index is 1460. The maximum atomic E-state index is 12.5. The highest BCUT2D eigenvalue weighted by molar-refractivity contribution is 7.99. The Labute approximate surface area is 204 Å². The van der Waals surface area contributed by atoms with Gasteiger partial charge in [0.05, 0.1) is 24.1 Å². The molecule has 3 aromatic heterocycles. The molecule has 1 amide bonds. The molecule has 3 heterocycles. The predicted molar refractivity (Wildman–Crippen MR) is 137 cm³/mol. The number of hydrogen-bond donors (Lipinski definition) is 1. The van der Waals surface area contributed by atoms with Crippen molar-refractivity contribution in [3.05, 3.63) is 53.9 Å². The van der Waals surface area contributed by atoms with Gasteiger partial charge in [-0.05, 0) is 36.8 Å². The van der Waals surface area contributed by atoms with Crippen LogP contribution in [0.25, 0.3) is 33.3 Å². The number of carbonyl (C=O) groups excluding carboxylic acids is 1. The van der Waals surface area contributed by atoms with Crippen molar-refractivity contribution >= 4 is 56.2 Å². The zero-order valence-electron chi connectivity index (χ0n) is 18.7. The van der Waals surface area contributed by atoms with Gasteiger partial charge in [0.25, 0.3) is 0 Å². The Morgan fingerprint density at radius 2 is 1.94 bits per heavy atom. The van der Waals surface area contributed by atoms with Crippen LogP contribution in [0, 0.1) is 0 Å². The van der Waals surface area contributed by atoms with Gasteiger partial charge in [0.1, 0.15) is 11.3 Å². The van der Waals surface area contributed by atoms with E-state index in [2.05, 4.69) is 38.1 Å². The number of para-hydroxylation sites is 1. The van der Waals surface area contributed by atoms with Crippen molar-refractivity contribution in [2.24, 2.45) is 0 Å². The molecule has 172 valence electrons. The molecule has 0 spiro atoms. The molecule has 0 unspecified atom stereocenters. The number of hydrogen-bond acceptors (Lipinski definition) is 8. The molecule has 0 saturated heterocycles. The number of benzene rings is 2. The maximum Gasteiger partial charge on any atom is 0.236 e. The number of thioether (sulfide) groups is 1. The summed E-state index contributed by atoms with van der Waals surface area (Å²) >= 11 is 2.64. The molecule has 0 radical (unpaired) electrons. The van der Waals surface area contributed by atoms with Crippen LogP contribution in [-0.4, -0.2) is 43.5 Å². The molecule has 0 aliphatic heterocycles. The van der Waals surface area contributed by atoms with Crippen LogP contribution < -0.4 is 10.1 Å². The second kappa shape index (κ2) is 9.78. The van der Waals surface area contributed by atoms with Gasteiger partial charge in [-0.3, -0.25) is 4.79 Å². The highest BCUT2D eigenvalue weighted by Gasteiger charge is 2.15. The number of nitrogens with zero attached hydrogens (tertiary/aromatic N) is 5. The summed E-state index contributed by atoms with van der Waals surface area (Å²) in [7, 11) is 1.63. The van der Waals surface area contributed by atoms with Gasteiger partial charge in [0.2, 0.25) is 11.1 Å². The highest BCUT2D eigenvalue weighted by Crippen LogP contribution is 2.28.